The Morgan fingerprint density at radius 2 is 1.70 bits per heavy atom. The Morgan fingerprint density at radius 3 is 2.33 bits per heavy atom. The summed E-state index contributed by atoms with van der Waals surface area (Å²) >= 11 is 6.15. The van der Waals surface area contributed by atoms with Gasteiger partial charge in [-0.2, -0.15) is 4.31 Å². The molecule has 30 heavy (non-hydrogen) atoms. The lowest BCUT2D eigenvalue weighted by molar-refractivity contribution is -0.130. The van der Waals surface area contributed by atoms with E-state index in [4.69, 9.17) is 11.6 Å². The van der Waals surface area contributed by atoms with Crippen molar-refractivity contribution in [2.75, 3.05) is 45.1 Å². The molecule has 8 nitrogen and oxygen atoms in total. The summed E-state index contributed by atoms with van der Waals surface area (Å²) in [6.45, 7) is 1.06. The molecule has 0 unspecified atom stereocenters. The SMILES string of the molecule is CNC(=O)c1ccc(Cl)c(NCC(=O)N2CCN(S(=O)(=O)c3ccccc3)CC2)c1. The van der Waals surface area contributed by atoms with Crippen molar-refractivity contribution in [2.45, 2.75) is 4.90 Å². The van der Waals surface area contributed by atoms with E-state index < -0.39 is 10.0 Å². The van der Waals surface area contributed by atoms with Crippen LogP contribution in [0.1, 0.15) is 10.4 Å². The highest BCUT2D eigenvalue weighted by atomic mass is 35.5. The lowest BCUT2D eigenvalue weighted by Crippen LogP contribution is -2.51. The number of amides is 2. The highest BCUT2D eigenvalue weighted by molar-refractivity contribution is 7.89. The minimum absolute atomic E-state index is 0.0116. The molecule has 1 saturated heterocycles. The van der Waals surface area contributed by atoms with Crippen molar-refractivity contribution >= 4 is 39.1 Å². The molecule has 0 radical (unpaired) electrons. The Morgan fingerprint density at radius 1 is 1.03 bits per heavy atom. The summed E-state index contributed by atoms with van der Waals surface area (Å²) in [7, 11) is -2.03. The summed E-state index contributed by atoms with van der Waals surface area (Å²) in [5.74, 6) is -0.426. The summed E-state index contributed by atoms with van der Waals surface area (Å²) in [6, 6.07) is 13.0. The smallest absolute Gasteiger partial charge is 0.251 e. The van der Waals surface area contributed by atoms with Gasteiger partial charge in [0.05, 0.1) is 22.2 Å². The number of nitrogens with one attached hydrogen (secondary N) is 2. The molecule has 0 saturated carbocycles. The lowest BCUT2D eigenvalue weighted by atomic mass is 10.2. The number of carbonyl (C=O) groups excluding carboxylic acids is 2. The number of benzene rings is 2. The van der Waals surface area contributed by atoms with Crippen molar-refractivity contribution in [2.24, 2.45) is 0 Å². The fraction of sp³-hybridized carbons (Fsp3) is 0.300. The largest absolute Gasteiger partial charge is 0.375 e. The van der Waals surface area contributed by atoms with E-state index in [1.54, 1.807) is 53.4 Å². The Balaban J connectivity index is 1.57. The number of halogens is 1. The first-order valence-electron chi connectivity index (χ1n) is 9.41. The van der Waals surface area contributed by atoms with Gasteiger partial charge in [-0.05, 0) is 30.3 Å². The van der Waals surface area contributed by atoms with E-state index in [1.807, 2.05) is 0 Å². The van der Waals surface area contributed by atoms with E-state index in [1.165, 1.54) is 11.4 Å². The molecule has 0 bridgehead atoms. The monoisotopic (exact) mass is 450 g/mol. The maximum Gasteiger partial charge on any atom is 0.251 e. The molecule has 2 N–H and O–H groups in total. The van der Waals surface area contributed by atoms with Crippen molar-refractivity contribution in [3.05, 3.63) is 59.1 Å². The second-order valence-corrected chi connectivity index (χ2v) is 9.07. The normalized spacial score (nSPS) is 14.9. The number of hydrogen-bond acceptors (Lipinski definition) is 5. The highest BCUT2D eigenvalue weighted by Crippen LogP contribution is 2.23. The molecule has 0 atom stereocenters. The Hall–Kier alpha value is -2.62. The highest BCUT2D eigenvalue weighted by Gasteiger charge is 2.29. The van der Waals surface area contributed by atoms with Crippen LogP contribution in [0.3, 0.4) is 0 Å². The van der Waals surface area contributed by atoms with Crippen LogP contribution in [0.25, 0.3) is 0 Å². The average molecular weight is 451 g/mol. The predicted molar refractivity (Wildman–Crippen MR) is 115 cm³/mol. The molecular weight excluding hydrogens is 428 g/mol. The van der Waals surface area contributed by atoms with Crippen LogP contribution < -0.4 is 10.6 Å². The van der Waals surface area contributed by atoms with Gasteiger partial charge in [-0.3, -0.25) is 9.59 Å². The number of carbonyl (C=O) groups is 2. The van der Waals surface area contributed by atoms with Gasteiger partial charge in [-0.15, -0.1) is 0 Å². The zero-order chi connectivity index (χ0) is 21.7. The second-order valence-electron chi connectivity index (χ2n) is 6.73. The molecule has 0 aromatic heterocycles. The van der Waals surface area contributed by atoms with Gasteiger partial charge >= 0.3 is 0 Å². The third-order valence-electron chi connectivity index (χ3n) is 4.86. The molecule has 2 aromatic rings. The topological polar surface area (TPSA) is 98.8 Å². The van der Waals surface area contributed by atoms with Crippen molar-refractivity contribution in [1.82, 2.24) is 14.5 Å². The third kappa shape index (κ3) is 4.92. The van der Waals surface area contributed by atoms with Gasteiger partial charge in [-0.1, -0.05) is 29.8 Å². The molecule has 0 spiro atoms. The van der Waals surface area contributed by atoms with Crippen LogP contribution in [-0.2, 0) is 14.8 Å². The molecule has 2 aromatic carbocycles. The van der Waals surface area contributed by atoms with Gasteiger partial charge < -0.3 is 15.5 Å². The van der Waals surface area contributed by atoms with Crippen molar-refractivity contribution in [1.29, 1.82) is 0 Å². The summed E-state index contributed by atoms with van der Waals surface area (Å²) < 4.78 is 26.8. The van der Waals surface area contributed by atoms with Crippen LogP contribution in [0.2, 0.25) is 5.02 Å². The van der Waals surface area contributed by atoms with E-state index in [-0.39, 0.29) is 36.3 Å². The first-order valence-corrected chi connectivity index (χ1v) is 11.2. The number of piperazine rings is 1. The zero-order valence-corrected chi connectivity index (χ0v) is 18.0. The molecule has 1 heterocycles. The van der Waals surface area contributed by atoms with Crippen molar-refractivity contribution in [3.63, 3.8) is 0 Å². The predicted octanol–water partition coefficient (Wildman–Crippen LogP) is 1.64. The molecule has 1 aliphatic heterocycles. The van der Waals surface area contributed by atoms with Crippen LogP contribution in [0, 0.1) is 0 Å². The average Bonchev–Trinajstić information content (AvgIpc) is 2.78. The minimum Gasteiger partial charge on any atom is -0.375 e. The first-order chi connectivity index (χ1) is 14.3. The van der Waals surface area contributed by atoms with Gasteiger partial charge in [0.25, 0.3) is 5.91 Å². The maximum atomic E-state index is 12.7. The third-order valence-corrected chi connectivity index (χ3v) is 7.10. The molecule has 1 aliphatic rings. The summed E-state index contributed by atoms with van der Waals surface area (Å²) in [5.41, 5.74) is 0.910. The van der Waals surface area contributed by atoms with E-state index in [9.17, 15) is 18.0 Å². The molecular formula is C20H23ClN4O4S. The van der Waals surface area contributed by atoms with Gasteiger partial charge in [0, 0.05) is 38.8 Å². The molecule has 2 amide bonds. The van der Waals surface area contributed by atoms with Crippen molar-refractivity contribution in [3.8, 4) is 0 Å². The minimum atomic E-state index is -3.56. The Kier molecular flexibility index (Phi) is 6.96. The zero-order valence-electron chi connectivity index (χ0n) is 16.5. The number of hydrogen-bond donors (Lipinski definition) is 2. The molecule has 1 fully saturated rings. The van der Waals surface area contributed by atoms with Gasteiger partial charge in [0.2, 0.25) is 15.9 Å². The maximum absolute atomic E-state index is 12.7. The number of nitrogens with zero attached hydrogens (tertiary/aromatic N) is 2. The van der Waals surface area contributed by atoms with Crippen LogP contribution in [0.5, 0.6) is 0 Å². The van der Waals surface area contributed by atoms with Crippen LogP contribution >= 0.6 is 11.6 Å². The number of sulfonamides is 1. The molecule has 10 heteroatoms. The molecule has 3 rings (SSSR count). The van der Waals surface area contributed by atoms with Crippen LogP contribution in [0.4, 0.5) is 5.69 Å². The van der Waals surface area contributed by atoms with E-state index >= 15 is 0 Å². The second kappa shape index (κ2) is 9.46. The first kappa shape index (κ1) is 22.1. The summed E-state index contributed by atoms with van der Waals surface area (Å²) in [5, 5.41) is 5.89. The van der Waals surface area contributed by atoms with Crippen LogP contribution in [-0.4, -0.2) is 69.2 Å². The Labute approximate surface area is 180 Å². The summed E-state index contributed by atoms with van der Waals surface area (Å²) in [6.07, 6.45) is 0. The van der Waals surface area contributed by atoms with Gasteiger partial charge in [0.1, 0.15) is 0 Å². The lowest BCUT2D eigenvalue weighted by Gasteiger charge is -2.34. The van der Waals surface area contributed by atoms with Gasteiger partial charge in [-0.25, -0.2) is 8.42 Å². The van der Waals surface area contributed by atoms with Gasteiger partial charge in [0.15, 0.2) is 0 Å². The summed E-state index contributed by atoms with van der Waals surface area (Å²) in [4.78, 5) is 26.2. The Bertz CT molecular complexity index is 1020. The number of anilines is 1. The standard InChI is InChI=1S/C20H23ClN4O4S/c1-22-20(27)15-7-8-17(21)18(13-15)23-14-19(26)24-9-11-25(12-10-24)30(28,29)16-5-3-2-4-6-16/h2-8,13,23H,9-12,14H2,1H3,(H,22,27). The van der Waals surface area contributed by atoms with E-state index in [0.29, 0.717) is 29.4 Å². The van der Waals surface area contributed by atoms with Crippen molar-refractivity contribution < 1.29 is 18.0 Å². The van der Waals surface area contributed by atoms with E-state index in [0.717, 1.165) is 0 Å². The molecule has 160 valence electrons. The fourth-order valence-corrected chi connectivity index (χ4v) is 4.78. The molecule has 0 aliphatic carbocycles. The fourth-order valence-electron chi connectivity index (χ4n) is 3.15. The van der Waals surface area contributed by atoms with E-state index in [2.05, 4.69) is 10.6 Å². The quantitative estimate of drug-likeness (QED) is 0.697. The van der Waals surface area contributed by atoms with Crippen LogP contribution in [0.15, 0.2) is 53.4 Å². The number of rotatable bonds is 6.